The summed E-state index contributed by atoms with van der Waals surface area (Å²) in [7, 11) is 0. The molecule has 0 saturated carbocycles. The maximum absolute atomic E-state index is 11.9. The van der Waals surface area contributed by atoms with Crippen LogP contribution < -0.4 is 5.32 Å². The summed E-state index contributed by atoms with van der Waals surface area (Å²) in [5.41, 5.74) is 1.11. The Kier molecular flexibility index (Phi) is 4.91. The molecule has 1 heterocycles. The number of anilines is 1. The van der Waals surface area contributed by atoms with E-state index in [1.807, 2.05) is 29.6 Å². The Morgan fingerprint density at radius 1 is 1.39 bits per heavy atom. The minimum absolute atomic E-state index is 0.0760. The van der Waals surface area contributed by atoms with Crippen LogP contribution in [0.3, 0.4) is 0 Å². The molecule has 0 aliphatic heterocycles. The average Bonchev–Trinajstić information content (AvgIpc) is 2.85. The van der Waals surface area contributed by atoms with Crippen LogP contribution in [0.15, 0.2) is 40.3 Å². The molecule has 2 rings (SSSR count). The van der Waals surface area contributed by atoms with E-state index in [1.54, 1.807) is 6.20 Å². The zero-order valence-electron chi connectivity index (χ0n) is 9.27. The summed E-state index contributed by atoms with van der Waals surface area (Å²) in [6, 6.07) is 7.92. The lowest BCUT2D eigenvalue weighted by Gasteiger charge is -2.09. The standard InChI is InChI=1S/C12H10Br2N2OS/c13-9-3-1-8(2-4-9)7-10(14)11(17)16-12-15-5-6-18-12/h1-6,10H,7H2,(H,15,16,17)/t10-/m1/s1. The monoisotopic (exact) mass is 388 g/mol. The molecular weight excluding hydrogens is 380 g/mol. The fraction of sp³-hybridized carbons (Fsp3) is 0.167. The van der Waals surface area contributed by atoms with Gasteiger partial charge in [0.2, 0.25) is 5.91 Å². The molecule has 0 spiro atoms. The van der Waals surface area contributed by atoms with Crippen molar-refractivity contribution in [2.24, 2.45) is 0 Å². The van der Waals surface area contributed by atoms with Gasteiger partial charge in [0.05, 0.1) is 4.83 Å². The van der Waals surface area contributed by atoms with Crippen LogP contribution in [-0.2, 0) is 11.2 Å². The number of thiazole rings is 1. The van der Waals surface area contributed by atoms with Crippen molar-refractivity contribution in [2.45, 2.75) is 11.2 Å². The van der Waals surface area contributed by atoms with Gasteiger partial charge in [0, 0.05) is 16.0 Å². The van der Waals surface area contributed by atoms with Gasteiger partial charge in [-0.15, -0.1) is 11.3 Å². The quantitative estimate of drug-likeness (QED) is 0.807. The fourth-order valence-electron chi connectivity index (χ4n) is 1.39. The molecule has 0 fully saturated rings. The first-order valence-electron chi connectivity index (χ1n) is 5.24. The summed E-state index contributed by atoms with van der Waals surface area (Å²) < 4.78 is 1.03. The van der Waals surface area contributed by atoms with E-state index in [4.69, 9.17) is 0 Å². The number of hydrogen-bond acceptors (Lipinski definition) is 3. The molecule has 0 bridgehead atoms. The van der Waals surface area contributed by atoms with Crippen molar-refractivity contribution in [1.29, 1.82) is 0 Å². The third kappa shape index (κ3) is 3.90. The summed E-state index contributed by atoms with van der Waals surface area (Å²) in [6.45, 7) is 0. The van der Waals surface area contributed by atoms with Crippen molar-refractivity contribution in [3.63, 3.8) is 0 Å². The zero-order valence-corrected chi connectivity index (χ0v) is 13.3. The van der Waals surface area contributed by atoms with Gasteiger partial charge in [0.1, 0.15) is 0 Å². The van der Waals surface area contributed by atoms with E-state index in [-0.39, 0.29) is 10.7 Å². The highest BCUT2D eigenvalue weighted by atomic mass is 79.9. The van der Waals surface area contributed by atoms with Gasteiger partial charge in [0.25, 0.3) is 0 Å². The molecule has 1 aromatic heterocycles. The number of carbonyl (C=O) groups is 1. The maximum atomic E-state index is 11.9. The molecule has 0 aliphatic carbocycles. The highest BCUT2D eigenvalue weighted by Gasteiger charge is 2.16. The first-order valence-corrected chi connectivity index (χ1v) is 7.83. The molecule has 18 heavy (non-hydrogen) atoms. The molecule has 0 radical (unpaired) electrons. The summed E-state index contributed by atoms with van der Waals surface area (Å²) in [4.78, 5) is 15.6. The Bertz CT molecular complexity index is 513. The number of halogens is 2. The summed E-state index contributed by atoms with van der Waals surface area (Å²) in [5, 5.41) is 5.22. The van der Waals surface area contributed by atoms with Gasteiger partial charge in [-0.2, -0.15) is 0 Å². The van der Waals surface area contributed by atoms with Crippen molar-refractivity contribution in [3.05, 3.63) is 45.9 Å². The third-order valence-electron chi connectivity index (χ3n) is 2.28. The number of alkyl halides is 1. The molecule has 1 N–H and O–H groups in total. The van der Waals surface area contributed by atoms with E-state index in [2.05, 4.69) is 42.2 Å². The van der Waals surface area contributed by atoms with Crippen LogP contribution in [0.5, 0.6) is 0 Å². The van der Waals surface area contributed by atoms with Crippen LogP contribution in [0.2, 0.25) is 0 Å². The second-order valence-corrected chi connectivity index (χ2v) is 6.54. The number of benzene rings is 1. The molecule has 3 nitrogen and oxygen atoms in total. The molecule has 1 amide bonds. The fourth-order valence-corrected chi connectivity index (χ4v) is 2.67. The minimum atomic E-state index is -0.262. The van der Waals surface area contributed by atoms with Crippen molar-refractivity contribution < 1.29 is 4.79 Å². The van der Waals surface area contributed by atoms with Crippen LogP contribution >= 0.6 is 43.2 Å². The molecule has 2 aromatic rings. The molecule has 0 unspecified atom stereocenters. The normalized spacial score (nSPS) is 12.1. The van der Waals surface area contributed by atoms with Gasteiger partial charge in [-0.3, -0.25) is 4.79 Å². The number of nitrogens with zero attached hydrogens (tertiary/aromatic N) is 1. The highest BCUT2D eigenvalue weighted by Crippen LogP contribution is 2.17. The van der Waals surface area contributed by atoms with Crippen LogP contribution in [-0.4, -0.2) is 15.7 Å². The van der Waals surface area contributed by atoms with E-state index >= 15 is 0 Å². The zero-order chi connectivity index (χ0) is 13.0. The van der Waals surface area contributed by atoms with E-state index < -0.39 is 0 Å². The second kappa shape index (κ2) is 6.45. The number of amides is 1. The number of rotatable bonds is 4. The molecule has 1 atom stereocenters. The van der Waals surface area contributed by atoms with Crippen molar-refractivity contribution in [2.75, 3.05) is 5.32 Å². The van der Waals surface area contributed by atoms with Crippen molar-refractivity contribution in [1.82, 2.24) is 4.98 Å². The second-order valence-electron chi connectivity index (χ2n) is 3.62. The van der Waals surface area contributed by atoms with E-state index in [0.29, 0.717) is 11.6 Å². The summed E-state index contributed by atoms with van der Waals surface area (Å²) in [5.74, 6) is -0.0760. The van der Waals surface area contributed by atoms with Crippen LogP contribution in [0.25, 0.3) is 0 Å². The van der Waals surface area contributed by atoms with E-state index in [1.165, 1.54) is 11.3 Å². The third-order valence-corrected chi connectivity index (χ3v) is 4.23. The molecule has 6 heteroatoms. The van der Waals surface area contributed by atoms with Gasteiger partial charge < -0.3 is 5.32 Å². The predicted octanol–water partition coefficient (Wildman–Crippen LogP) is 3.85. The molecule has 0 aliphatic rings. The lowest BCUT2D eigenvalue weighted by Crippen LogP contribution is -2.24. The topological polar surface area (TPSA) is 42.0 Å². The van der Waals surface area contributed by atoms with Gasteiger partial charge in [-0.05, 0) is 24.1 Å². The first-order chi connectivity index (χ1) is 8.65. The minimum Gasteiger partial charge on any atom is -0.301 e. The first kappa shape index (κ1) is 13.7. The Balaban J connectivity index is 1.93. The number of nitrogens with one attached hydrogen (secondary N) is 1. The van der Waals surface area contributed by atoms with Crippen LogP contribution in [0, 0.1) is 0 Å². The summed E-state index contributed by atoms with van der Waals surface area (Å²) in [6.07, 6.45) is 2.31. The lowest BCUT2D eigenvalue weighted by atomic mass is 10.1. The smallest absolute Gasteiger partial charge is 0.240 e. The summed E-state index contributed by atoms with van der Waals surface area (Å²) >= 11 is 8.19. The Hall–Kier alpha value is -0.720. The van der Waals surface area contributed by atoms with Crippen molar-refractivity contribution in [3.8, 4) is 0 Å². The highest BCUT2D eigenvalue weighted by molar-refractivity contribution is 9.10. The van der Waals surface area contributed by atoms with Gasteiger partial charge in [0.15, 0.2) is 5.13 Å². The van der Waals surface area contributed by atoms with E-state index in [9.17, 15) is 4.79 Å². The SMILES string of the molecule is O=C(Nc1nccs1)[C@H](Br)Cc1ccc(Br)cc1. The largest absolute Gasteiger partial charge is 0.301 e. The Labute approximate surface area is 126 Å². The van der Waals surface area contributed by atoms with Gasteiger partial charge in [-0.25, -0.2) is 4.98 Å². The molecular formula is C12H10Br2N2OS. The Morgan fingerprint density at radius 2 is 2.11 bits per heavy atom. The van der Waals surface area contributed by atoms with Gasteiger partial charge in [-0.1, -0.05) is 44.0 Å². The van der Waals surface area contributed by atoms with Crippen LogP contribution in [0.1, 0.15) is 5.56 Å². The number of hydrogen-bond donors (Lipinski definition) is 1. The molecule has 1 aromatic carbocycles. The maximum Gasteiger partial charge on any atom is 0.240 e. The number of carbonyl (C=O) groups excluding carboxylic acids is 1. The number of aromatic nitrogens is 1. The average molecular weight is 390 g/mol. The van der Waals surface area contributed by atoms with Gasteiger partial charge >= 0.3 is 0 Å². The van der Waals surface area contributed by atoms with Crippen LogP contribution in [0.4, 0.5) is 5.13 Å². The lowest BCUT2D eigenvalue weighted by molar-refractivity contribution is -0.115. The predicted molar refractivity (Wildman–Crippen MR) is 81.3 cm³/mol. The van der Waals surface area contributed by atoms with Crippen molar-refractivity contribution >= 4 is 54.2 Å². The Morgan fingerprint density at radius 3 is 2.72 bits per heavy atom. The molecule has 0 saturated heterocycles. The molecule has 94 valence electrons. The van der Waals surface area contributed by atoms with E-state index in [0.717, 1.165) is 10.0 Å².